The summed E-state index contributed by atoms with van der Waals surface area (Å²) in [5.74, 6) is -0.171. The van der Waals surface area contributed by atoms with E-state index in [1.54, 1.807) is 21.9 Å². The quantitative estimate of drug-likeness (QED) is 0.913. The van der Waals surface area contributed by atoms with Gasteiger partial charge in [0.1, 0.15) is 6.04 Å². The smallest absolute Gasteiger partial charge is 0.326 e. The van der Waals surface area contributed by atoms with Crippen molar-refractivity contribution in [2.75, 3.05) is 4.90 Å². The molecule has 1 saturated heterocycles. The van der Waals surface area contributed by atoms with Crippen molar-refractivity contribution in [3.8, 4) is 0 Å². The molecule has 0 bridgehead atoms. The van der Waals surface area contributed by atoms with Gasteiger partial charge in [0, 0.05) is 25.0 Å². The SMILES string of the molecule is CCn1ccnc(N2C(C(=O)O)CC3CCCCC32)c1=O. The Hall–Kier alpha value is -1.85. The highest BCUT2D eigenvalue weighted by atomic mass is 16.4. The zero-order valence-electron chi connectivity index (χ0n) is 12.2. The lowest BCUT2D eigenvalue weighted by Crippen LogP contribution is -2.46. The second-order valence-electron chi connectivity index (χ2n) is 5.95. The molecule has 2 heterocycles. The van der Waals surface area contributed by atoms with Crippen molar-refractivity contribution >= 4 is 11.8 Å². The maximum absolute atomic E-state index is 12.5. The Bertz CT molecular complexity index is 598. The van der Waals surface area contributed by atoms with Crippen LogP contribution < -0.4 is 10.5 Å². The van der Waals surface area contributed by atoms with Gasteiger partial charge in [0.2, 0.25) is 0 Å². The van der Waals surface area contributed by atoms with Crippen LogP contribution in [-0.2, 0) is 11.3 Å². The number of fused-ring (bicyclic) bond motifs is 1. The average molecular weight is 291 g/mol. The van der Waals surface area contributed by atoms with Gasteiger partial charge in [0.15, 0.2) is 5.82 Å². The summed E-state index contributed by atoms with van der Waals surface area (Å²) in [6.07, 6.45) is 8.13. The molecule has 0 radical (unpaired) electrons. The number of aliphatic carboxylic acids is 1. The van der Waals surface area contributed by atoms with Crippen molar-refractivity contribution in [1.82, 2.24) is 9.55 Å². The van der Waals surface area contributed by atoms with Crippen LogP contribution in [-0.4, -0.2) is 32.7 Å². The van der Waals surface area contributed by atoms with E-state index >= 15 is 0 Å². The number of carboxylic acids is 1. The molecule has 1 saturated carbocycles. The third-order valence-electron chi connectivity index (χ3n) is 4.85. The summed E-state index contributed by atoms with van der Waals surface area (Å²) in [5, 5.41) is 9.53. The van der Waals surface area contributed by atoms with Crippen LogP contribution in [0.15, 0.2) is 17.2 Å². The Morgan fingerprint density at radius 1 is 1.43 bits per heavy atom. The number of aromatic nitrogens is 2. The molecule has 1 aliphatic carbocycles. The van der Waals surface area contributed by atoms with Crippen molar-refractivity contribution < 1.29 is 9.90 Å². The number of hydrogen-bond acceptors (Lipinski definition) is 4. The van der Waals surface area contributed by atoms with Gasteiger partial charge >= 0.3 is 5.97 Å². The molecule has 6 nitrogen and oxygen atoms in total. The summed E-state index contributed by atoms with van der Waals surface area (Å²) in [7, 11) is 0. The third kappa shape index (κ3) is 2.32. The highest BCUT2D eigenvalue weighted by Gasteiger charge is 2.46. The van der Waals surface area contributed by atoms with Crippen LogP contribution in [0.1, 0.15) is 39.0 Å². The number of carboxylic acid groups (broad SMARTS) is 1. The first-order chi connectivity index (χ1) is 10.1. The average Bonchev–Trinajstić information content (AvgIpc) is 2.87. The van der Waals surface area contributed by atoms with Crippen LogP contribution in [0.2, 0.25) is 0 Å². The van der Waals surface area contributed by atoms with Gasteiger partial charge in [-0.1, -0.05) is 12.8 Å². The van der Waals surface area contributed by atoms with Gasteiger partial charge < -0.3 is 14.6 Å². The number of rotatable bonds is 3. The predicted molar refractivity (Wildman–Crippen MR) is 78.4 cm³/mol. The summed E-state index contributed by atoms with van der Waals surface area (Å²) in [6, 6.07) is -0.473. The minimum Gasteiger partial charge on any atom is -0.480 e. The van der Waals surface area contributed by atoms with Crippen LogP contribution in [0, 0.1) is 5.92 Å². The fourth-order valence-corrected chi connectivity index (χ4v) is 3.85. The normalized spacial score (nSPS) is 28.4. The standard InChI is InChI=1S/C15H21N3O3/c1-2-17-8-7-16-13(14(17)19)18-11-6-4-3-5-10(11)9-12(18)15(20)21/h7-8,10-12H,2-6,9H2,1H3,(H,20,21). The topological polar surface area (TPSA) is 75.4 Å². The fourth-order valence-electron chi connectivity index (χ4n) is 3.85. The van der Waals surface area contributed by atoms with E-state index in [1.807, 2.05) is 6.92 Å². The first-order valence-corrected chi connectivity index (χ1v) is 7.70. The fraction of sp³-hybridized carbons (Fsp3) is 0.667. The van der Waals surface area contributed by atoms with E-state index in [0.717, 1.165) is 25.7 Å². The summed E-state index contributed by atoms with van der Waals surface area (Å²) >= 11 is 0. The molecular formula is C15H21N3O3. The van der Waals surface area contributed by atoms with Crippen molar-refractivity contribution in [1.29, 1.82) is 0 Å². The minimum atomic E-state index is -0.850. The van der Waals surface area contributed by atoms with E-state index in [1.165, 1.54) is 0 Å². The van der Waals surface area contributed by atoms with E-state index in [2.05, 4.69) is 4.98 Å². The molecule has 21 heavy (non-hydrogen) atoms. The Balaban J connectivity index is 2.04. The molecule has 0 aromatic carbocycles. The van der Waals surface area contributed by atoms with Crippen LogP contribution in [0.25, 0.3) is 0 Å². The zero-order valence-corrected chi connectivity index (χ0v) is 12.2. The highest BCUT2D eigenvalue weighted by molar-refractivity contribution is 5.79. The van der Waals surface area contributed by atoms with Crippen LogP contribution >= 0.6 is 0 Å². The number of anilines is 1. The minimum absolute atomic E-state index is 0.146. The van der Waals surface area contributed by atoms with E-state index in [-0.39, 0.29) is 11.6 Å². The lowest BCUT2D eigenvalue weighted by molar-refractivity contribution is -0.138. The van der Waals surface area contributed by atoms with Gasteiger partial charge in [0.25, 0.3) is 5.56 Å². The lowest BCUT2D eigenvalue weighted by Gasteiger charge is -2.33. The van der Waals surface area contributed by atoms with Gasteiger partial charge in [0.05, 0.1) is 0 Å². The lowest BCUT2D eigenvalue weighted by atomic mass is 9.85. The van der Waals surface area contributed by atoms with Crippen molar-refractivity contribution in [3.63, 3.8) is 0 Å². The molecule has 114 valence electrons. The molecule has 1 aromatic heterocycles. The van der Waals surface area contributed by atoms with Crippen LogP contribution in [0.4, 0.5) is 5.82 Å². The van der Waals surface area contributed by atoms with Crippen LogP contribution in [0.3, 0.4) is 0 Å². The number of carbonyl (C=O) groups is 1. The second kappa shape index (κ2) is 5.50. The Labute approximate surface area is 123 Å². The largest absolute Gasteiger partial charge is 0.480 e. The molecule has 0 amide bonds. The molecule has 1 N–H and O–H groups in total. The molecule has 1 aliphatic heterocycles. The maximum atomic E-state index is 12.5. The van der Waals surface area contributed by atoms with E-state index in [0.29, 0.717) is 24.7 Å². The van der Waals surface area contributed by atoms with E-state index in [9.17, 15) is 14.7 Å². The number of aryl methyl sites for hydroxylation is 1. The molecule has 1 aromatic rings. The number of nitrogens with zero attached hydrogens (tertiary/aromatic N) is 3. The van der Waals surface area contributed by atoms with Gasteiger partial charge in [-0.05, 0) is 32.1 Å². The van der Waals surface area contributed by atoms with Crippen molar-refractivity contribution in [3.05, 3.63) is 22.7 Å². The van der Waals surface area contributed by atoms with Crippen LogP contribution in [0.5, 0.6) is 0 Å². The summed E-state index contributed by atoms with van der Waals surface area (Å²) in [6.45, 7) is 2.46. The summed E-state index contributed by atoms with van der Waals surface area (Å²) in [4.78, 5) is 30.1. The van der Waals surface area contributed by atoms with Crippen molar-refractivity contribution in [2.24, 2.45) is 5.92 Å². The summed E-state index contributed by atoms with van der Waals surface area (Å²) in [5.41, 5.74) is -0.183. The van der Waals surface area contributed by atoms with Gasteiger partial charge in [-0.3, -0.25) is 4.79 Å². The van der Waals surface area contributed by atoms with Gasteiger partial charge in [-0.25, -0.2) is 9.78 Å². The summed E-state index contributed by atoms with van der Waals surface area (Å²) < 4.78 is 1.58. The Kier molecular flexibility index (Phi) is 3.69. The van der Waals surface area contributed by atoms with E-state index in [4.69, 9.17) is 0 Å². The third-order valence-corrected chi connectivity index (χ3v) is 4.85. The van der Waals surface area contributed by atoms with Gasteiger partial charge in [-0.15, -0.1) is 0 Å². The highest BCUT2D eigenvalue weighted by Crippen LogP contribution is 2.40. The zero-order chi connectivity index (χ0) is 15.0. The predicted octanol–water partition coefficient (Wildman–Crippen LogP) is 1.49. The van der Waals surface area contributed by atoms with Crippen molar-refractivity contribution in [2.45, 2.75) is 57.7 Å². The molecule has 2 fully saturated rings. The Morgan fingerprint density at radius 3 is 2.90 bits per heavy atom. The first-order valence-electron chi connectivity index (χ1n) is 7.70. The maximum Gasteiger partial charge on any atom is 0.326 e. The second-order valence-corrected chi connectivity index (χ2v) is 5.95. The Morgan fingerprint density at radius 2 is 2.19 bits per heavy atom. The van der Waals surface area contributed by atoms with E-state index < -0.39 is 12.0 Å². The molecule has 3 rings (SSSR count). The molecule has 0 spiro atoms. The molecule has 3 unspecified atom stereocenters. The molecule has 3 atom stereocenters. The first kappa shape index (κ1) is 14.1. The number of hydrogen-bond donors (Lipinski definition) is 1. The molecule has 2 aliphatic rings. The molecule has 6 heteroatoms. The monoisotopic (exact) mass is 291 g/mol. The van der Waals surface area contributed by atoms with Gasteiger partial charge in [-0.2, -0.15) is 0 Å². The molecular weight excluding hydrogens is 270 g/mol.